The van der Waals surface area contributed by atoms with Gasteiger partial charge in [-0.05, 0) is 23.8 Å². The van der Waals surface area contributed by atoms with Crippen molar-refractivity contribution in [1.29, 1.82) is 0 Å². The van der Waals surface area contributed by atoms with Crippen LogP contribution in [0, 0.1) is 0 Å². The molecule has 0 radical (unpaired) electrons. The lowest BCUT2D eigenvalue weighted by atomic mass is 10.0. The van der Waals surface area contributed by atoms with Gasteiger partial charge in [0.15, 0.2) is 5.78 Å². The average molecular weight is 266 g/mol. The van der Waals surface area contributed by atoms with Gasteiger partial charge in [-0.25, -0.2) is 0 Å². The number of rotatable bonds is 3. The fourth-order valence-corrected chi connectivity index (χ4v) is 1.91. The third-order valence-corrected chi connectivity index (χ3v) is 3.16. The Morgan fingerprint density at radius 3 is 2.71 bits per heavy atom. The molecule has 1 aromatic carbocycles. The summed E-state index contributed by atoms with van der Waals surface area (Å²) in [6.07, 6.45) is 3.60. The zero-order valence-electron chi connectivity index (χ0n) is 8.86. The SMILES string of the molecule is O=C(Cc1cccnc1)c1cccc(Cl)c1Cl. The van der Waals surface area contributed by atoms with Crippen LogP contribution in [0.4, 0.5) is 0 Å². The number of Topliss-reactive ketones (excluding diaryl/α,β-unsaturated/α-hetero) is 1. The zero-order valence-corrected chi connectivity index (χ0v) is 10.4. The van der Waals surface area contributed by atoms with Gasteiger partial charge in [0.05, 0.1) is 10.0 Å². The second kappa shape index (κ2) is 5.30. The maximum Gasteiger partial charge on any atom is 0.168 e. The zero-order chi connectivity index (χ0) is 12.3. The normalized spacial score (nSPS) is 10.2. The molecule has 0 aliphatic heterocycles. The number of halogens is 2. The van der Waals surface area contributed by atoms with Gasteiger partial charge in [-0.3, -0.25) is 9.78 Å². The second-order valence-corrected chi connectivity index (χ2v) is 4.35. The summed E-state index contributed by atoms with van der Waals surface area (Å²) in [7, 11) is 0. The fourth-order valence-electron chi connectivity index (χ4n) is 1.50. The number of carbonyl (C=O) groups excluding carboxylic acids is 1. The summed E-state index contributed by atoms with van der Waals surface area (Å²) in [5.74, 6) is -0.0644. The molecule has 4 heteroatoms. The van der Waals surface area contributed by atoms with Crippen LogP contribution in [0.1, 0.15) is 15.9 Å². The molecule has 0 amide bonds. The molecule has 0 aliphatic carbocycles. The lowest BCUT2D eigenvalue weighted by Crippen LogP contribution is -2.04. The van der Waals surface area contributed by atoms with Crippen molar-refractivity contribution in [3.63, 3.8) is 0 Å². The maximum atomic E-state index is 12.0. The number of ketones is 1. The minimum Gasteiger partial charge on any atom is -0.294 e. The van der Waals surface area contributed by atoms with Crippen molar-refractivity contribution >= 4 is 29.0 Å². The van der Waals surface area contributed by atoms with Crippen LogP contribution >= 0.6 is 23.2 Å². The highest BCUT2D eigenvalue weighted by molar-refractivity contribution is 6.43. The van der Waals surface area contributed by atoms with E-state index in [9.17, 15) is 4.79 Å². The predicted octanol–water partition coefficient (Wildman–Crippen LogP) is 3.81. The van der Waals surface area contributed by atoms with Gasteiger partial charge in [0.1, 0.15) is 0 Å². The monoisotopic (exact) mass is 265 g/mol. The van der Waals surface area contributed by atoms with Gasteiger partial charge in [0.2, 0.25) is 0 Å². The van der Waals surface area contributed by atoms with E-state index in [0.29, 0.717) is 15.6 Å². The smallest absolute Gasteiger partial charge is 0.168 e. The molecule has 0 N–H and O–H groups in total. The predicted molar refractivity (Wildman–Crippen MR) is 68.7 cm³/mol. The van der Waals surface area contributed by atoms with Crippen LogP contribution in [0.2, 0.25) is 10.0 Å². The molecule has 0 atom stereocenters. The van der Waals surface area contributed by atoms with E-state index in [1.165, 1.54) is 0 Å². The van der Waals surface area contributed by atoms with E-state index in [0.717, 1.165) is 5.56 Å². The van der Waals surface area contributed by atoms with Gasteiger partial charge in [-0.1, -0.05) is 35.3 Å². The number of hydrogen-bond donors (Lipinski definition) is 0. The molecule has 2 nitrogen and oxygen atoms in total. The molecule has 86 valence electrons. The van der Waals surface area contributed by atoms with Crippen molar-refractivity contribution in [2.75, 3.05) is 0 Å². The molecule has 0 unspecified atom stereocenters. The number of nitrogens with zero attached hydrogens (tertiary/aromatic N) is 1. The van der Waals surface area contributed by atoms with E-state index in [1.54, 1.807) is 36.7 Å². The van der Waals surface area contributed by atoms with Crippen molar-refractivity contribution in [3.05, 3.63) is 63.9 Å². The Hall–Kier alpha value is -1.38. The topological polar surface area (TPSA) is 30.0 Å². The Morgan fingerprint density at radius 2 is 2.00 bits per heavy atom. The summed E-state index contributed by atoms with van der Waals surface area (Å²) in [5, 5.41) is 0.701. The highest BCUT2D eigenvalue weighted by Crippen LogP contribution is 2.26. The standard InChI is InChI=1S/C13H9Cl2NO/c14-11-5-1-4-10(13(11)15)12(17)7-9-3-2-6-16-8-9/h1-6,8H,7H2. The number of hydrogen-bond acceptors (Lipinski definition) is 2. The fraction of sp³-hybridized carbons (Fsp3) is 0.0769. The molecule has 0 saturated heterocycles. The van der Waals surface area contributed by atoms with Gasteiger partial charge in [-0.2, -0.15) is 0 Å². The second-order valence-electron chi connectivity index (χ2n) is 3.56. The largest absolute Gasteiger partial charge is 0.294 e. The number of carbonyl (C=O) groups is 1. The Balaban J connectivity index is 2.24. The third-order valence-electron chi connectivity index (χ3n) is 2.34. The van der Waals surface area contributed by atoms with E-state index >= 15 is 0 Å². The van der Waals surface area contributed by atoms with E-state index in [2.05, 4.69) is 4.98 Å². The minimum absolute atomic E-state index is 0.0644. The summed E-state index contributed by atoms with van der Waals surface area (Å²) in [4.78, 5) is 16.0. The Morgan fingerprint density at radius 1 is 1.18 bits per heavy atom. The number of pyridine rings is 1. The lowest BCUT2D eigenvalue weighted by molar-refractivity contribution is 0.0993. The molecule has 1 aromatic heterocycles. The van der Waals surface area contributed by atoms with Gasteiger partial charge in [0.25, 0.3) is 0 Å². The molecular formula is C13H9Cl2NO. The Kier molecular flexibility index (Phi) is 3.77. The summed E-state index contributed by atoms with van der Waals surface area (Å²) in [6.45, 7) is 0. The van der Waals surface area contributed by atoms with E-state index in [-0.39, 0.29) is 12.2 Å². The summed E-state index contributed by atoms with van der Waals surface area (Å²) in [5.41, 5.74) is 1.30. The molecule has 0 spiro atoms. The van der Waals surface area contributed by atoms with Crippen molar-refractivity contribution in [2.45, 2.75) is 6.42 Å². The molecule has 2 aromatic rings. The van der Waals surface area contributed by atoms with Gasteiger partial charge in [0, 0.05) is 24.4 Å². The third kappa shape index (κ3) is 2.84. The molecule has 0 fully saturated rings. The van der Waals surface area contributed by atoms with Crippen LogP contribution in [0.5, 0.6) is 0 Å². The Bertz CT molecular complexity index is 540. The van der Waals surface area contributed by atoms with Crippen LogP contribution in [-0.4, -0.2) is 10.8 Å². The number of aromatic nitrogens is 1. The van der Waals surface area contributed by atoms with Gasteiger partial charge in [-0.15, -0.1) is 0 Å². The number of benzene rings is 1. The van der Waals surface area contributed by atoms with Crippen molar-refractivity contribution in [3.8, 4) is 0 Å². The van der Waals surface area contributed by atoms with Gasteiger partial charge < -0.3 is 0 Å². The molecule has 2 rings (SSSR count). The highest BCUT2D eigenvalue weighted by Gasteiger charge is 2.12. The molecular weight excluding hydrogens is 257 g/mol. The minimum atomic E-state index is -0.0644. The van der Waals surface area contributed by atoms with Crippen LogP contribution in [-0.2, 0) is 6.42 Å². The Labute approximate surface area is 109 Å². The highest BCUT2D eigenvalue weighted by atomic mass is 35.5. The first-order chi connectivity index (χ1) is 8.18. The van der Waals surface area contributed by atoms with E-state index in [1.807, 2.05) is 6.07 Å². The lowest BCUT2D eigenvalue weighted by Gasteiger charge is -2.04. The van der Waals surface area contributed by atoms with E-state index < -0.39 is 0 Å². The van der Waals surface area contributed by atoms with Crippen LogP contribution < -0.4 is 0 Å². The van der Waals surface area contributed by atoms with Gasteiger partial charge >= 0.3 is 0 Å². The summed E-state index contributed by atoms with van der Waals surface area (Å²) in [6, 6.07) is 8.69. The molecule has 17 heavy (non-hydrogen) atoms. The van der Waals surface area contributed by atoms with Crippen molar-refractivity contribution in [2.24, 2.45) is 0 Å². The first-order valence-electron chi connectivity index (χ1n) is 5.04. The van der Waals surface area contributed by atoms with Crippen LogP contribution in [0.15, 0.2) is 42.7 Å². The molecule has 0 bridgehead atoms. The quantitative estimate of drug-likeness (QED) is 0.790. The molecule has 1 heterocycles. The summed E-state index contributed by atoms with van der Waals surface area (Å²) < 4.78 is 0. The molecule has 0 aliphatic rings. The molecule has 0 saturated carbocycles. The van der Waals surface area contributed by atoms with Crippen LogP contribution in [0.3, 0.4) is 0 Å². The first kappa shape index (κ1) is 12.1. The van der Waals surface area contributed by atoms with Crippen molar-refractivity contribution in [1.82, 2.24) is 4.98 Å². The van der Waals surface area contributed by atoms with E-state index in [4.69, 9.17) is 23.2 Å². The van der Waals surface area contributed by atoms with Crippen molar-refractivity contribution < 1.29 is 4.79 Å². The maximum absolute atomic E-state index is 12.0. The first-order valence-corrected chi connectivity index (χ1v) is 5.80. The summed E-state index contributed by atoms with van der Waals surface area (Å²) >= 11 is 11.9. The average Bonchev–Trinajstić information content (AvgIpc) is 2.34. The van der Waals surface area contributed by atoms with Crippen LogP contribution in [0.25, 0.3) is 0 Å².